The number of rotatable bonds is 12. The minimum atomic E-state index is -1.45. The van der Waals surface area contributed by atoms with Crippen LogP contribution in [0, 0.1) is 52.3 Å². The predicted molar refractivity (Wildman–Crippen MR) is 195 cm³/mol. The van der Waals surface area contributed by atoms with Crippen molar-refractivity contribution in [3.05, 3.63) is 0 Å². The lowest BCUT2D eigenvalue weighted by atomic mass is 9.41. The van der Waals surface area contributed by atoms with Crippen LogP contribution in [-0.2, 0) is 23.7 Å². The molecule has 22 atom stereocenters. The van der Waals surface area contributed by atoms with Gasteiger partial charge in [-0.1, -0.05) is 41.0 Å². The maximum absolute atomic E-state index is 12.7. The Kier molecular flexibility index (Phi) is 13.4. The van der Waals surface area contributed by atoms with E-state index in [0.29, 0.717) is 32.1 Å². The number of hydrogen-bond acceptors (Lipinski definition) is 15. The van der Waals surface area contributed by atoms with E-state index in [2.05, 4.69) is 27.7 Å². The average molecular weight is 791 g/mol. The molecule has 320 valence electrons. The van der Waals surface area contributed by atoms with Crippen LogP contribution >= 0.6 is 0 Å². The fraction of sp³-hybridized carbons (Fsp3) is 1.00. The number of hydrogen-bond donors (Lipinski definition) is 10. The van der Waals surface area contributed by atoms with E-state index in [1.807, 2.05) is 6.92 Å². The van der Waals surface area contributed by atoms with Crippen molar-refractivity contribution >= 4 is 0 Å². The van der Waals surface area contributed by atoms with Gasteiger partial charge in [0.2, 0.25) is 0 Å². The van der Waals surface area contributed by atoms with E-state index in [9.17, 15) is 51.1 Å². The second-order valence-electron chi connectivity index (χ2n) is 19.0. The van der Waals surface area contributed by atoms with Crippen molar-refractivity contribution in [1.29, 1.82) is 0 Å². The molecule has 2 saturated heterocycles. The molecule has 10 N–H and O–H groups in total. The van der Waals surface area contributed by atoms with Crippen molar-refractivity contribution in [2.24, 2.45) is 52.3 Å². The van der Waals surface area contributed by atoms with Crippen LogP contribution in [0.5, 0.6) is 0 Å². The number of aliphatic hydroxyl groups is 10. The third-order valence-electron chi connectivity index (χ3n) is 15.6. The van der Waals surface area contributed by atoms with Gasteiger partial charge < -0.3 is 74.7 Å². The number of ether oxygens (including phenoxy) is 5. The molecular formula is C40H70O15. The standard InChI is InChI=1S/C40H70O15/c1-18(2)20(11-14-52-36-34(30(47)24(44)16-53-36)55-37-33(51-6)29(46)23(43)17-54-37)8-7-19(3)26-31(48)32(49)35-39(26,5)13-10-25-38(4)12-9-21(41)28(45)27(38)22(42)15-40(25,35)50/h18-37,41-50H,7-17H2,1-6H3/t19-,20-,21+,22+,23-,24-,25-,26+,27+,28+,29+,30+,31-,32-,33-,34-,35-,36-,37+,38-,39-,40+/m1/s1. The van der Waals surface area contributed by atoms with Crippen molar-refractivity contribution in [1.82, 2.24) is 0 Å². The summed E-state index contributed by atoms with van der Waals surface area (Å²) in [5.74, 6) is -1.41. The molecule has 6 fully saturated rings. The summed E-state index contributed by atoms with van der Waals surface area (Å²) in [5, 5.41) is 111. The molecule has 2 heterocycles. The zero-order valence-electron chi connectivity index (χ0n) is 33.3. The fourth-order valence-corrected chi connectivity index (χ4v) is 12.8. The highest BCUT2D eigenvalue weighted by Gasteiger charge is 2.73. The molecule has 2 aliphatic heterocycles. The third kappa shape index (κ3) is 7.70. The highest BCUT2D eigenvalue weighted by Crippen LogP contribution is 2.70. The summed E-state index contributed by atoms with van der Waals surface area (Å²) in [6.45, 7) is 10.3. The SMILES string of the molecule is CO[C@H]1[C@H](O[C@H]2[C@H](OCC[C@@H](CC[C@@H](C)[C@H]3[C@@H](O)[C@@H](O)[C@@H]4[C@]3(C)CC[C@@H]3[C@@]5(C)CC[C@H](O)[C@H](O)[C@@H]5[C@@H](O)C[C@]34O)C(C)C)OC[C@@H](O)[C@@H]2O)OC[C@@H](O)[C@@H]1O. The Bertz CT molecular complexity index is 1280. The zero-order chi connectivity index (χ0) is 40.4. The van der Waals surface area contributed by atoms with Gasteiger partial charge in [-0.15, -0.1) is 0 Å². The van der Waals surface area contributed by atoms with Gasteiger partial charge in [0.1, 0.15) is 36.6 Å². The van der Waals surface area contributed by atoms with E-state index in [4.69, 9.17) is 23.7 Å². The first-order valence-corrected chi connectivity index (χ1v) is 20.7. The van der Waals surface area contributed by atoms with Crippen LogP contribution in [0.15, 0.2) is 0 Å². The van der Waals surface area contributed by atoms with E-state index < -0.39 is 108 Å². The number of fused-ring (bicyclic) bond motifs is 5. The first-order valence-electron chi connectivity index (χ1n) is 20.7. The summed E-state index contributed by atoms with van der Waals surface area (Å²) < 4.78 is 28.7. The summed E-state index contributed by atoms with van der Waals surface area (Å²) in [5.41, 5.74) is -2.69. The molecule has 4 saturated carbocycles. The quantitative estimate of drug-likeness (QED) is 0.122. The molecule has 0 aromatic heterocycles. The minimum absolute atomic E-state index is 0.0142. The molecule has 4 aliphatic carbocycles. The van der Waals surface area contributed by atoms with E-state index in [1.165, 1.54) is 7.11 Å². The Morgan fingerprint density at radius 1 is 0.673 bits per heavy atom. The van der Waals surface area contributed by atoms with Gasteiger partial charge in [-0.2, -0.15) is 0 Å². The second-order valence-corrected chi connectivity index (χ2v) is 19.0. The molecular weight excluding hydrogens is 720 g/mol. The number of aliphatic hydroxyl groups excluding tert-OH is 9. The monoisotopic (exact) mass is 790 g/mol. The molecule has 0 amide bonds. The lowest BCUT2D eigenvalue weighted by Gasteiger charge is -2.66. The van der Waals surface area contributed by atoms with Crippen LogP contribution in [0.4, 0.5) is 0 Å². The summed E-state index contributed by atoms with van der Waals surface area (Å²) in [6, 6.07) is 0. The molecule has 6 rings (SSSR count). The Labute approximate surface area is 324 Å². The van der Waals surface area contributed by atoms with Gasteiger partial charge in [-0.25, -0.2) is 0 Å². The second kappa shape index (κ2) is 16.8. The van der Waals surface area contributed by atoms with Crippen LogP contribution in [0.25, 0.3) is 0 Å². The molecule has 6 aliphatic rings. The molecule has 0 radical (unpaired) electrons. The van der Waals surface area contributed by atoms with E-state index in [0.717, 1.165) is 12.8 Å². The van der Waals surface area contributed by atoms with Crippen molar-refractivity contribution in [2.75, 3.05) is 26.9 Å². The van der Waals surface area contributed by atoms with Crippen molar-refractivity contribution in [2.45, 2.75) is 171 Å². The highest BCUT2D eigenvalue weighted by molar-refractivity contribution is 5.22. The van der Waals surface area contributed by atoms with Gasteiger partial charge in [-0.3, -0.25) is 0 Å². The Morgan fingerprint density at radius 3 is 1.93 bits per heavy atom. The fourth-order valence-electron chi connectivity index (χ4n) is 12.8. The first-order chi connectivity index (χ1) is 25.8. The number of methoxy groups -OCH3 is 1. The van der Waals surface area contributed by atoms with E-state index in [-0.39, 0.29) is 55.8 Å². The van der Waals surface area contributed by atoms with Gasteiger partial charge in [0.15, 0.2) is 12.6 Å². The van der Waals surface area contributed by atoms with Gasteiger partial charge in [0, 0.05) is 25.4 Å². The lowest BCUT2D eigenvalue weighted by molar-refractivity contribution is -0.345. The topological polar surface area (TPSA) is 248 Å². The van der Waals surface area contributed by atoms with Crippen LogP contribution < -0.4 is 0 Å². The Hall–Kier alpha value is -0.600. The van der Waals surface area contributed by atoms with Gasteiger partial charge in [0.05, 0.1) is 55.9 Å². The van der Waals surface area contributed by atoms with Gasteiger partial charge in [0.25, 0.3) is 0 Å². The molecule has 0 spiro atoms. The van der Waals surface area contributed by atoms with E-state index in [1.54, 1.807) is 0 Å². The third-order valence-corrected chi connectivity index (χ3v) is 15.6. The molecule has 0 unspecified atom stereocenters. The van der Waals surface area contributed by atoms with Crippen molar-refractivity contribution < 1.29 is 74.7 Å². The van der Waals surface area contributed by atoms with E-state index >= 15 is 0 Å². The van der Waals surface area contributed by atoms with Crippen molar-refractivity contribution in [3.63, 3.8) is 0 Å². The molecule has 0 aromatic rings. The van der Waals surface area contributed by atoms with Crippen LogP contribution in [0.3, 0.4) is 0 Å². The average Bonchev–Trinajstić information content (AvgIpc) is 3.33. The normalized spacial score (nSPS) is 52.6. The zero-order valence-corrected chi connectivity index (χ0v) is 33.3. The Balaban J connectivity index is 1.09. The molecule has 15 nitrogen and oxygen atoms in total. The smallest absolute Gasteiger partial charge is 0.187 e. The van der Waals surface area contributed by atoms with Crippen LogP contribution in [0.1, 0.15) is 86.0 Å². The van der Waals surface area contributed by atoms with Crippen LogP contribution in [-0.4, -0.2) is 163 Å². The summed E-state index contributed by atoms with van der Waals surface area (Å²) >= 11 is 0. The van der Waals surface area contributed by atoms with Crippen molar-refractivity contribution in [3.8, 4) is 0 Å². The maximum atomic E-state index is 12.7. The maximum Gasteiger partial charge on any atom is 0.187 e. The lowest BCUT2D eigenvalue weighted by Crippen LogP contribution is -2.71. The predicted octanol–water partition coefficient (Wildman–Crippen LogP) is -0.344. The molecule has 0 bridgehead atoms. The summed E-state index contributed by atoms with van der Waals surface area (Å²) in [4.78, 5) is 0. The van der Waals surface area contributed by atoms with Crippen LogP contribution in [0.2, 0.25) is 0 Å². The molecule has 0 aromatic carbocycles. The molecule has 55 heavy (non-hydrogen) atoms. The molecule has 15 heteroatoms. The van der Waals surface area contributed by atoms with Gasteiger partial charge in [-0.05, 0) is 78.9 Å². The largest absolute Gasteiger partial charge is 0.393 e. The summed E-state index contributed by atoms with van der Waals surface area (Å²) in [6.07, 6.45) is -10.5. The highest BCUT2D eigenvalue weighted by atomic mass is 16.8. The Morgan fingerprint density at radius 2 is 1.29 bits per heavy atom. The first kappa shape index (κ1) is 44.0. The minimum Gasteiger partial charge on any atom is -0.393 e. The van der Waals surface area contributed by atoms with Gasteiger partial charge >= 0.3 is 0 Å². The summed E-state index contributed by atoms with van der Waals surface area (Å²) in [7, 11) is 1.34.